The Labute approximate surface area is 146 Å². The number of hydrogen-bond acceptors (Lipinski definition) is 6. The molecule has 0 saturated carbocycles. The first kappa shape index (κ1) is 17.8. The van der Waals surface area contributed by atoms with E-state index in [0.717, 1.165) is 4.90 Å². The van der Waals surface area contributed by atoms with Crippen LogP contribution in [0, 0.1) is 0 Å². The van der Waals surface area contributed by atoms with Crippen LogP contribution in [0.5, 0.6) is 11.5 Å². The van der Waals surface area contributed by atoms with E-state index < -0.39 is 17.9 Å². The molecule has 1 aliphatic heterocycles. The van der Waals surface area contributed by atoms with Gasteiger partial charge in [-0.1, -0.05) is 0 Å². The largest absolute Gasteiger partial charge is 0.493 e. The fraction of sp³-hybridized carbons (Fsp3) is 0.267. The minimum atomic E-state index is -0.530. The van der Waals surface area contributed by atoms with Crippen LogP contribution in [0.3, 0.4) is 0 Å². The molecule has 0 aliphatic carbocycles. The number of urea groups is 1. The number of likely N-dealkylation sites (N-methyl/N-ethyl adjacent to an activating group) is 1. The standard InChI is InChI=1S/C15H15BrN2O6/c1-18-14(20)10(17-15(18)21)5-8-4-9(16)13(11(6-8)22-2)24-7-12(19)23-3/h4-6H,7H2,1-3H3,(H,17,21)/b10-5+. The molecule has 1 aromatic rings. The molecule has 1 fully saturated rings. The summed E-state index contributed by atoms with van der Waals surface area (Å²) in [6, 6.07) is 2.79. The number of nitrogens with zero attached hydrogens (tertiary/aromatic N) is 1. The maximum Gasteiger partial charge on any atom is 0.343 e. The smallest absolute Gasteiger partial charge is 0.343 e. The molecule has 0 unspecified atom stereocenters. The molecule has 0 spiro atoms. The van der Waals surface area contributed by atoms with Crippen molar-refractivity contribution in [1.29, 1.82) is 0 Å². The SMILES string of the molecule is COC(=O)COc1c(Br)cc(/C=C2/NC(=O)N(C)C2=O)cc1OC. The maximum atomic E-state index is 11.9. The molecule has 1 heterocycles. The fourth-order valence-electron chi connectivity index (χ4n) is 1.94. The summed E-state index contributed by atoms with van der Waals surface area (Å²) in [6.07, 6.45) is 1.51. The fourth-order valence-corrected chi connectivity index (χ4v) is 2.52. The number of carbonyl (C=O) groups is 3. The molecule has 0 radical (unpaired) electrons. The van der Waals surface area contributed by atoms with Crippen molar-refractivity contribution in [3.63, 3.8) is 0 Å². The molecular formula is C15H15BrN2O6. The Morgan fingerprint density at radius 1 is 1.33 bits per heavy atom. The molecule has 0 atom stereocenters. The molecule has 9 heteroatoms. The lowest BCUT2D eigenvalue weighted by molar-refractivity contribution is -0.143. The van der Waals surface area contributed by atoms with Crippen LogP contribution in [0.25, 0.3) is 6.08 Å². The summed E-state index contributed by atoms with van der Waals surface area (Å²) >= 11 is 3.33. The van der Waals surface area contributed by atoms with Crippen molar-refractivity contribution in [2.24, 2.45) is 0 Å². The van der Waals surface area contributed by atoms with Crippen LogP contribution in [-0.2, 0) is 14.3 Å². The van der Waals surface area contributed by atoms with Crippen molar-refractivity contribution in [2.45, 2.75) is 0 Å². The molecule has 1 aliphatic rings. The highest BCUT2D eigenvalue weighted by atomic mass is 79.9. The molecule has 1 aromatic carbocycles. The Hall–Kier alpha value is -2.55. The van der Waals surface area contributed by atoms with Gasteiger partial charge in [-0.15, -0.1) is 0 Å². The number of hydrogen-bond donors (Lipinski definition) is 1. The predicted molar refractivity (Wildman–Crippen MR) is 87.5 cm³/mol. The molecule has 1 saturated heterocycles. The highest BCUT2D eigenvalue weighted by Gasteiger charge is 2.30. The molecule has 128 valence electrons. The first-order chi connectivity index (χ1) is 11.4. The average molecular weight is 399 g/mol. The van der Waals surface area contributed by atoms with Gasteiger partial charge in [-0.3, -0.25) is 9.69 Å². The Kier molecular flexibility index (Phi) is 5.45. The number of imide groups is 1. The monoisotopic (exact) mass is 398 g/mol. The van der Waals surface area contributed by atoms with Crippen molar-refractivity contribution in [3.05, 3.63) is 27.9 Å². The lowest BCUT2D eigenvalue weighted by atomic mass is 10.1. The molecular weight excluding hydrogens is 384 g/mol. The highest BCUT2D eigenvalue weighted by molar-refractivity contribution is 9.10. The minimum Gasteiger partial charge on any atom is -0.493 e. The molecule has 8 nitrogen and oxygen atoms in total. The number of benzene rings is 1. The van der Waals surface area contributed by atoms with Gasteiger partial charge in [-0.2, -0.15) is 0 Å². The lowest BCUT2D eigenvalue weighted by Gasteiger charge is -2.13. The number of amides is 3. The zero-order valence-electron chi connectivity index (χ0n) is 13.2. The first-order valence-corrected chi connectivity index (χ1v) is 7.54. The summed E-state index contributed by atoms with van der Waals surface area (Å²) in [5, 5.41) is 2.47. The quantitative estimate of drug-likeness (QED) is 0.459. The third-order valence-corrected chi connectivity index (χ3v) is 3.80. The second kappa shape index (κ2) is 7.35. The topological polar surface area (TPSA) is 94.2 Å². The second-order valence-corrected chi connectivity index (χ2v) is 5.61. The number of ether oxygens (including phenoxy) is 3. The number of methoxy groups -OCH3 is 2. The number of nitrogens with one attached hydrogen (secondary N) is 1. The summed E-state index contributed by atoms with van der Waals surface area (Å²) in [4.78, 5) is 35.5. The van der Waals surface area contributed by atoms with E-state index in [1.807, 2.05) is 0 Å². The molecule has 0 aromatic heterocycles. The predicted octanol–water partition coefficient (Wildman–Crippen LogP) is 1.53. The van der Waals surface area contributed by atoms with Crippen molar-refractivity contribution in [1.82, 2.24) is 10.2 Å². The Bertz CT molecular complexity index is 731. The molecule has 24 heavy (non-hydrogen) atoms. The van der Waals surface area contributed by atoms with E-state index in [0.29, 0.717) is 21.5 Å². The average Bonchev–Trinajstić information content (AvgIpc) is 2.80. The van der Waals surface area contributed by atoms with E-state index in [1.165, 1.54) is 27.3 Å². The van der Waals surface area contributed by atoms with Gasteiger partial charge >= 0.3 is 12.0 Å². The van der Waals surface area contributed by atoms with Crippen LogP contribution in [0.1, 0.15) is 5.56 Å². The van der Waals surface area contributed by atoms with Crippen LogP contribution in [0.2, 0.25) is 0 Å². The number of halogens is 1. The van der Waals surface area contributed by atoms with Gasteiger partial charge in [0.1, 0.15) is 5.70 Å². The van der Waals surface area contributed by atoms with Gasteiger partial charge < -0.3 is 19.5 Å². The number of rotatable bonds is 5. The van der Waals surface area contributed by atoms with E-state index in [-0.39, 0.29) is 12.3 Å². The summed E-state index contributed by atoms with van der Waals surface area (Å²) in [7, 11) is 4.09. The lowest BCUT2D eigenvalue weighted by Crippen LogP contribution is -2.25. The maximum absolute atomic E-state index is 11.9. The van der Waals surface area contributed by atoms with Crippen LogP contribution < -0.4 is 14.8 Å². The molecule has 1 N–H and O–H groups in total. The summed E-state index contributed by atoms with van der Waals surface area (Å²) in [6.45, 7) is -0.273. The van der Waals surface area contributed by atoms with Gasteiger partial charge in [-0.05, 0) is 39.7 Å². The zero-order chi connectivity index (χ0) is 17.9. The molecule has 0 bridgehead atoms. The van der Waals surface area contributed by atoms with E-state index in [9.17, 15) is 14.4 Å². The van der Waals surface area contributed by atoms with Crippen LogP contribution in [0.4, 0.5) is 4.79 Å². The summed E-state index contributed by atoms with van der Waals surface area (Å²) in [5.41, 5.74) is 0.753. The zero-order valence-corrected chi connectivity index (χ0v) is 14.8. The summed E-state index contributed by atoms with van der Waals surface area (Å²) < 4.78 is 15.7. The van der Waals surface area contributed by atoms with Gasteiger partial charge in [0.15, 0.2) is 18.1 Å². The normalized spacial score (nSPS) is 15.5. The Morgan fingerprint density at radius 3 is 2.58 bits per heavy atom. The number of esters is 1. The first-order valence-electron chi connectivity index (χ1n) is 6.75. The van der Waals surface area contributed by atoms with Crippen LogP contribution in [0.15, 0.2) is 22.3 Å². The van der Waals surface area contributed by atoms with E-state index >= 15 is 0 Å². The van der Waals surface area contributed by atoms with Crippen LogP contribution in [-0.4, -0.2) is 50.7 Å². The van der Waals surface area contributed by atoms with Gasteiger partial charge in [0.05, 0.1) is 18.7 Å². The van der Waals surface area contributed by atoms with Gasteiger partial charge in [0, 0.05) is 7.05 Å². The van der Waals surface area contributed by atoms with E-state index in [1.54, 1.807) is 12.1 Å². The van der Waals surface area contributed by atoms with E-state index in [2.05, 4.69) is 26.0 Å². The second-order valence-electron chi connectivity index (χ2n) is 4.75. The van der Waals surface area contributed by atoms with Gasteiger partial charge in [0.2, 0.25) is 0 Å². The molecule has 3 amide bonds. The van der Waals surface area contributed by atoms with Crippen molar-refractivity contribution >= 4 is 39.9 Å². The van der Waals surface area contributed by atoms with Crippen LogP contribution >= 0.6 is 15.9 Å². The van der Waals surface area contributed by atoms with E-state index in [4.69, 9.17) is 9.47 Å². The van der Waals surface area contributed by atoms with Crippen molar-refractivity contribution < 1.29 is 28.6 Å². The highest BCUT2D eigenvalue weighted by Crippen LogP contribution is 2.37. The van der Waals surface area contributed by atoms with Gasteiger partial charge in [0.25, 0.3) is 5.91 Å². The Morgan fingerprint density at radius 2 is 2.04 bits per heavy atom. The minimum absolute atomic E-state index is 0.152. The van der Waals surface area contributed by atoms with Crippen molar-refractivity contribution in [3.8, 4) is 11.5 Å². The number of carbonyl (C=O) groups excluding carboxylic acids is 3. The van der Waals surface area contributed by atoms with Gasteiger partial charge in [-0.25, -0.2) is 9.59 Å². The summed E-state index contributed by atoms with van der Waals surface area (Å²) in [5.74, 6) is -0.284. The Balaban J connectivity index is 2.31. The van der Waals surface area contributed by atoms with Crippen molar-refractivity contribution in [2.75, 3.05) is 27.9 Å². The third kappa shape index (κ3) is 3.67. The molecule has 2 rings (SSSR count). The third-order valence-electron chi connectivity index (χ3n) is 3.21.